The van der Waals surface area contributed by atoms with Crippen LogP contribution in [-0.4, -0.2) is 13.7 Å². The van der Waals surface area contributed by atoms with Crippen molar-refractivity contribution in [3.8, 4) is 23.6 Å². The van der Waals surface area contributed by atoms with Gasteiger partial charge in [0.2, 0.25) is 0 Å². The fourth-order valence-electron chi connectivity index (χ4n) is 1.36. The molecule has 0 aliphatic carbocycles. The lowest BCUT2D eigenvalue weighted by Crippen LogP contribution is -1.97. The molecule has 0 spiro atoms. The van der Waals surface area contributed by atoms with Crippen molar-refractivity contribution in [2.45, 2.75) is 6.92 Å². The molecule has 0 N–H and O–H groups in total. The largest absolute Gasteiger partial charge is 0.493 e. The summed E-state index contributed by atoms with van der Waals surface area (Å²) in [6, 6.07) is 7.10. The van der Waals surface area contributed by atoms with Crippen LogP contribution in [0.3, 0.4) is 0 Å². The van der Waals surface area contributed by atoms with Crippen molar-refractivity contribution >= 4 is 22.0 Å². The van der Waals surface area contributed by atoms with Crippen LogP contribution in [0.4, 0.5) is 0 Å². The van der Waals surface area contributed by atoms with Crippen LogP contribution in [0.1, 0.15) is 12.5 Å². The SMILES string of the molecule is CCOc1c(Br)cc(C=C(C#N)C#N)cc1OC. The molecular formula is C13H11BrN2O2. The summed E-state index contributed by atoms with van der Waals surface area (Å²) in [5, 5.41) is 17.4. The van der Waals surface area contributed by atoms with Crippen LogP contribution in [0.2, 0.25) is 0 Å². The van der Waals surface area contributed by atoms with E-state index in [1.54, 1.807) is 12.1 Å². The van der Waals surface area contributed by atoms with E-state index in [1.165, 1.54) is 13.2 Å². The molecule has 0 atom stereocenters. The zero-order valence-electron chi connectivity index (χ0n) is 10.0. The highest BCUT2D eigenvalue weighted by Gasteiger charge is 2.10. The van der Waals surface area contributed by atoms with Crippen LogP contribution in [0.5, 0.6) is 11.5 Å². The van der Waals surface area contributed by atoms with E-state index < -0.39 is 0 Å². The van der Waals surface area contributed by atoms with Crippen LogP contribution in [-0.2, 0) is 0 Å². The fourth-order valence-corrected chi connectivity index (χ4v) is 1.94. The minimum absolute atomic E-state index is 0.0353. The summed E-state index contributed by atoms with van der Waals surface area (Å²) in [4.78, 5) is 0. The molecule has 0 saturated heterocycles. The van der Waals surface area contributed by atoms with E-state index in [1.807, 2.05) is 19.1 Å². The summed E-state index contributed by atoms with van der Waals surface area (Å²) in [7, 11) is 1.54. The third kappa shape index (κ3) is 3.26. The molecule has 5 heteroatoms. The van der Waals surface area contributed by atoms with Gasteiger partial charge in [0.15, 0.2) is 11.5 Å². The summed E-state index contributed by atoms with van der Waals surface area (Å²) in [5.74, 6) is 1.15. The van der Waals surface area contributed by atoms with Crippen LogP contribution in [0, 0.1) is 22.7 Å². The summed E-state index contributed by atoms with van der Waals surface area (Å²) < 4.78 is 11.4. The van der Waals surface area contributed by atoms with Gasteiger partial charge in [-0.1, -0.05) is 0 Å². The van der Waals surface area contributed by atoms with Gasteiger partial charge in [0.25, 0.3) is 0 Å². The number of nitriles is 2. The highest BCUT2D eigenvalue weighted by atomic mass is 79.9. The molecule has 92 valence electrons. The topological polar surface area (TPSA) is 66.0 Å². The molecule has 1 aromatic carbocycles. The highest BCUT2D eigenvalue weighted by molar-refractivity contribution is 9.10. The molecule has 1 rings (SSSR count). The number of ether oxygens (including phenoxy) is 2. The molecule has 0 aromatic heterocycles. The lowest BCUT2D eigenvalue weighted by molar-refractivity contribution is 0.309. The number of hydrogen-bond acceptors (Lipinski definition) is 4. The summed E-state index contributed by atoms with van der Waals surface area (Å²) >= 11 is 3.37. The number of methoxy groups -OCH3 is 1. The van der Waals surface area contributed by atoms with E-state index in [0.717, 1.165) is 0 Å². The third-order valence-corrected chi connectivity index (χ3v) is 2.68. The van der Waals surface area contributed by atoms with Crippen molar-refractivity contribution in [3.63, 3.8) is 0 Å². The quantitative estimate of drug-likeness (QED) is 0.801. The van der Waals surface area contributed by atoms with Gasteiger partial charge in [-0.25, -0.2) is 0 Å². The zero-order valence-corrected chi connectivity index (χ0v) is 11.6. The van der Waals surface area contributed by atoms with Gasteiger partial charge in [0.05, 0.1) is 18.2 Å². The Morgan fingerprint density at radius 1 is 1.39 bits per heavy atom. The van der Waals surface area contributed by atoms with Crippen molar-refractivity contribution < 1.29 is 9.47 Å². The normalized spacial score (nSPS) is 8.94. The Labute approximate surface area is 114 Å². The molecule has 0 unspecified atom stereocenters. The van der Waals surface area contributed by atoms with Gasteiger partial charge in [-0.05, 0) is 46.6 Å². The van der Waals surface area contributed by atoms with Crippen molar-refractivity contribution in [3.05, 3.63) is 27.7 Å². The number of halogens is 1. The first-order valence-corrected chi connectivity index (χ1v) is 5.97. The van der Waals surface area contributed by atoms with Gasteiger partial charge in [-0.3, -0.25) is 0 Å². The second-order valence-electron chi connectivity index (χ2n) is 3.25. The Bertz CT molecular complexity index is 537. The third-order valence-electron chi connectivity index (χ3n) is 2.09. The lowest BCUT2D eigenvalue weighted by Gasteiger charge is -2.12. The number of hydrogen-bond donors (Lipinski definition) is 0. The average Bonchev–Trinajstić information content (AvgIpc) is 2.38. The van der Waals surface area contributed by atoms with Crippen LogP contribution in [0.25, 0.3) is 6.08 Å². The first kappa shape index (κ1) is 14.1. The van der Waals surface area contributed by atoms with Crippen LogP contribution < -0.4 is 9.47 Å². The smallest absolute Gasteiger partial charge is 0.175 e. The Morgan fingerprint density at radius 3 is 2.56 bits per heavy atom. The molecule has 0 bridgehead atoms. The van der Waals surface area contributed by atoms with Crippen molar-refractivity contribution in [1.82, 2.24) is 0 Å². The van der Waals surface area contributed by atoms with Gasteiger partial charge in [-0.15, -0.1) is 0 Å². The second kappa shape index (κ2) is 6.68. The van der Waals surface area contributed by atoms with Crippen molar-refractivity contribution in [2.75, 3.05) is 13.7 Å². The van der Waals surface area contributed by atoms with E-state index in [0.29, 0.717) is 28.1 Å². The van der Waals surface area contributed by atoms with E-state index in [-0.39, 0.29) is 5.57 Å². The molecule has 0 fully saturated rings. The monoisotopic (exact) mass is 306 g/mol. The van der Waals surface area contributed by atoms with Gasteiger partial charge < -0.3 is 9.47 Å². The Morgan fingerprint density at radius 2 is 2.06 bits per heavy atom. The molecule has 4 nitrogen and oxygen atoms in total. The minimum atomic E-state index is 0.0353. The maximum Gasteiger partial charge on any atom is 0.175 e. The average molecular weight is 307 g/mol. The minimum Gasteiger partial charge on any atom is -0.493 e. The molecule has 0 aliphatic heterocycles. The number of nitrogens with zero attached hydrogens (tertiary/aromatic N) is 2. The maximum absolute atomic E-state index is 8.71. The zero-order chi connectivity index (χ0) is 13.5. The molecule has 0 aliphatic rings. The molecule has 18 heavy (non-hydrogen) atoms. The fraction of sp³-hybridized carbons (Fsp3) is 0.231. The maximum atomic E-state index is 8.71. The van der Waals surface area contributed by atoms with Crippen LogP contribution in [0.15, 0.2) is 22.2 Å². The summed E-state index contributed by atoms with van der Waals surface area (Å²) in [5.41, 5.74) is 0.730. The van der Waals surface area contributed by atoms with E-state index in [2.05, 4.69) is 15.9 Å². The Kier molecular flexibility index (Phi) is 5.23. The van der Waals surface area contributed by atoms with Gasteiger partial charge >= 0.3 is 0 Å². The molecule has 0 saturated carbocycles. The number of allylic oxidation sites excluding steroid dienone is 1. The molecule has 1 aromatic rings. The molecular weight excluding hydrogens is 296 g/mol. The predicted octanol–water partition coefficient (Wildman–Crippen LogP) is 3.29. The standard InChI is InChI=1S/C13H11BrN2O2/c1-3-18-13-11(14)5-9(6-12(13)17-2)4-10(7-15)8-16/h4-6H,3H2,1-2H3. The van der Waals surface area contributed by atoms with Crippen molar-refractivity contribution in [2.24, 2.45) is 0 Å². The van der Waals surface area contributed by atoms with E-state index >= 15 is 0 Å². The van der Waals surface area contributed by atoms with E-state index in [4.69, 9.17) is 20.0 Å². The van der Waals surface area contributed by atoms with Gasteiger partial charge in [-0.2, -0.15) is 10.5 Å². The predicted molar refractivity (Wildman–Crippen MR) is 71.1 cm³/mol. The highest BCUT2D eigenvalue weighted by Crippen LogP contribution is 2.37. The summed E-state index contributed by atoms with van der Waals surface area (Å²) in [6.45, 7) is 2.40. The second-order valence-corrected chi connectivity index (χ2v) is 4.10. The van der Waals surface area contributed by atoms with Gasteiger partial charge in [0.1, 0.15) is 17.7 Å². The summed E-state index contributed by atoms with van der Waals surface area (Å²) in [6.07, 6.45) is 1.49. The van der Waals surface area contributed by atoms with Gasteiger partial charge in [0, 0.05) is 0 Å². The first-order chi connectivity index (χ1) is 8.65. The number of rotatable bonds is 4. The number of benzene rings is 1. The molecule has 0 radical (unpaired) electrons. The van der Waals surface area contributed by atoms with Crippen molar-refractivity contribution in [1.29, 1.82) is 10.5 Å². The lowest BCUT2D eigenvalue weighted by atomic mass is 10.1. The Hall–Kier alpha value is -1.98. The first-order valence-electron chi connectivity index (χ1n) is 5.18. The van der Waals surface area contributed by atoms with E-state index in [9.17, 15) is 0 Å². The molecule has 0 amide bonds. The van der Waals surface area contributed by atoms with Crippen LogP contribution >= 0.6 is 15.9 Å². The Balaban J connectivity index is 3.28. The molecule has 0 heterocycles.